The highest BCUT2D eigenvalue weighted by atomic mass is 32.2. The van der Waals surface area contributed by atoms with Crippen LogP contribution in [0.2, 0.25) is 0 Å². The van der Waals surface area contributed by atoms with Crippen LogP contribution in [-0.2, 0) is 4.79 Å². The molecule has 1 aromatic rings. The predicted molar refractivity (Wildman–Crippen MR) is 77.1 cm³/mol. The molecule has 98 valence electrons. The van der Waals surface area contributed by atoms with Gasteiger partial charge in [0.25, 0.3) is 0 Å². The number of hydrogen-bond acceptors (Lipinski definition) is 4. The zero-order valence-corrected chi connectivity index (χ0v) is 11.1. The van der Waals surface area contributed by atoms with Crippen LogP contribution >= 0.6 is 11.8 Å². The number of nitrogens with two attached hydrogens (primary N) is 1. The number of aliphatic imine (C=N–C) groups is 1. The third-order valence-corrected chi connectivity index (χ3v) is 3.86. The molecule has 1 heterocycles. The van der Waals surface area contributed by atoms with Crippen LogP contribution in [0.5, 0.6) is 0 Å². The quantitative estimate of drug-likeness (QED) is 0.854. The van der Waals surface area contributed by atoms with E-state index in [4.69, 9.17) is 5.73 Å². The smallest absolute Gasteiger partial charge is 0.227 e. The largest absolute Gasteiger partial charge is 0.369 e. The van der Waals surface area contributed by atoms with Crippen molar-refractivity contribution in [3.05, 3.63) is 48.2 Å². The Morgan fingerprint density at radius 2 is 2.05 bits per heavy atom. The van der Waals surface area contributed by atoms with Crippen molar-refractivity contribution in [2.24, 2.45) is 16.6 Å². The summed E-state index contributed by atoms with van der Waals surface area (Å²) < 4.78 is 0. The van der Waals surface area contributed by atoms with E-state index in [1.807, 2.05) is 18.2 Å². The molecule has 0 saturated heterocycles. The Labute approximate surface area is 115 Å². The number of primary amides is 1. The first-order valence-electron chi connectivity index (χ1n) is 5.91. The average molecular weight is 274 g/mol. The van der Waals surface area contributed by atoms with Gasteiger partial charge in [0, 0.05) is 11.8 Å². The third kappa shape index (κ3) is 3.54. The Morgan fingerprint density at radius 3 is 2.74 bits per heavy atom. The average Bonchev–Trinajstić information content (AvgIpc) is 2.46. The van der Waals surface area contributed by atoms with Gasteiger partial charge >= 0.3 is 0 Å². The van der Waals surface area contributed by atoms with Crippen LogP contribution in [0.15, 0.2) is 47.6 Å². The maximum atomic E-state index is 12.0. The van der Waals surface area contributed by atoms with Gasteiger partial charge in [0.15, 0.2) is 5.78 Å². The molecule has 0 aliphatic carbocycles. The summed E-state index contributed by atoms with van der Waals surface area (Å²) in [6, 6.07) is 9.06. The van der Waals surface area contributed by atoms with E-state index < -0.39 is 11.8 Å². The maximum absolute atomic E-state index is 12.0. The van der Waals surface area contributed by atoms with Gasteiger partial charge in [-0.05, 0) is 6.42 Å². The standard InChI is InChI=1S/C14H14N2O2S/c15-13(18)11-7-4-8-16-14(11)19-9-12(17)10-5-2-1-3-6-10/h1-6,8,11H,7,9H2,(H2,15,18). The van der Waals surface area contributed by atoms with Gasteiger partial charge in [0.05, 0.1) is 16.7 Å². The molecule has 2 rings (SSSR count). The number of carbonyl (C=O) groups is 2. The SMILES string of the molecule is NC(=O)C1CC=CN=C1SCC(=O)c1ccccc1. The zero-order chi connectivity index (χ0) is 13.7. The van der Waals surface area contributed by atoms with Crippen LogP contribution in [-0.4, -0.2) is 22.5 Å². The van der Waals surface area contributed by atoms with Gasteiger partial charge in [-0.25, -0.2) is 0 Å². The minimum absolute atomic E-state index is 0.0195. The Morgan fingerprint density at radius 1 is 1.32 bits per heavy atom. The van der Waals surface area contributed by atoms with Crippen LogP contribution in [0, 0.1) is 5.92 Å². The van der Waals surface area contributed by atoms with Gasteiger partial charge in [-0.3, -0.25) is 14.6 Å². The minimum atomic E-state index is -0.404. The number of hydrogen-bond donors (Lipinski definition) is 1. The highest BCUT2D eigenvalue weighted by molar-refractivity contribution is 8.14. The van der Waals surface area contributed by atoms with Gasteiger partial charge < -0.3 is 5.73 Å². The van der Waals surface area contributed by atoms with Crippen LogP contribution in [0.1, 0.15) is 16.8 Å². The summed E-state index contributed by atoms with van der Waals surface area (Å²) in [7, 11) is 0. The molecule has 5 heteroatoms. The van der Waals surface area contributed by atoms with E-state index in [2.05, 4.69) is 4.99 Å². The van der Waals surface area contributed by atoms with Crippen molar-refractivity contribution in [1.82, 2.24) is 0 Å². The molecule has 0 fully saturated rings. The number of amides is 1. The molecule has 0 saturated carbocycles. The molecule has 1 aliphatic heterocycles. The molecule has 19 heavy (non-hydrogen) atoms. The van der Waals surface area contributed by atoms with E-state index in [-0.39, 0.29) is 11.5 Å². The number of thioether (sulfide) groups is 1. The van der Waals surface area contributed by atoms with Crippen molar-refractivity contribution in [2.75, 3.05) is 5.75 Å². The number of rotatable bonds is 4. The summed E-state index contributed by atoms with van der Waals surface area (Å²) >= 11 is 1.29. The van der Waals surface area contributed by atoms with Crippen molar-refractivity contribution >= 4 is 28.5 Å². The van der Waals surface area contributed by atoms with E-state index >= 15 is 0 Å². The fraction of sp³-hybridized carbons (Fsp3) is 0.214. The molecular formula is C14H14N2O2S. The third-order valence-electron chi connectivity index (χ3n) is 2.77. The lowest BCUT2D eigenvalue weighted by molar-refractivity contribution is -0.119. The summed E-state index contributed by atoms with van der Waals surface area (Å²) in [6.07, 6.45) is 4.01. The topological polar surface area (TPSA) is 72.5 Å². The van der Waals surface area contributed by atoms with Crippen LogP contribution < -0.4 is 5.73 Å². The van der Waals surface area contributed by atoms with E-state index in [1.54, 1.807) is 24.4 Å². The number of carbonyl (C=O) groups excluding carboxylic acids is 2. The number of Topliss-reactive ketones (excluding diaryl/α,β-unsaturated/α-hetero) is 1. The first kappa shape index (κ1) is 13.5. The maximum Gasteiger partial charge on any atom is 0.227 e. The molecule has 0 bridgehead atoms. The van der Waals surface area contributed by atoms with E-state index in [0.29, 0.717) is 17.0 Å². The molecule has 2 N–H and O–H groups in total. The molecule has 1 unspecified atom stereocenters. The minimum Gasteiger partial charge on any atom is -0.369 e. The molecule has 1 aliphatic rings. The molecule has 1 aromatic carbocycles. The van der Waals surface area contributed by atoms with Crippen molar-refractivity contribution in [3.8, 4) is 0 Å². The molecule has 0 aromatic heterocycles. The molecule has 4 nitrogen and oxygen atoms in total. The second kappa shape index (κ2) is 6.33. The number of benzene rings is 1. The predicted octanol–water partition coefficient (Wildman–Crippen LogP) is 2.02. The monoisotopic (exact) mass is 274 g/mol. The Balaban J connectivity index is 1.98. The summed E-state index contributed by atoms with van der Waals surface area (Å²) in [5.74, 6) is -0.520. The lowest BCUT2D eigenvalue weighted by Gasteiger charge is -2.15. The summed E-state index contributed by atoms with van der Waals surface area (Å²) in [5.41, 5.74) is 5.99. The zero-order valence-electron chi connectivity index (χ0n) is 10.3. The molecule has 0 radical (unpaired) electrons. The van der Waals surface area contributed by atoms with Crippen LogP contribution in [0.3, 0.4) is 0 Å². The van der Waals surface area contributed by atoms with E-state index in [1.165, 1.54) is 11.8 Å². The summed E-state index contributed by atoms with van der Waals surface area (Å²) in [4.78, 5) is 27.4. The highest BCUT2D eigenvalue weighted by Crippen LogP contribution is 2.21. The van der Waals surface area contributed by atoms with Gasteiger partial charge in [0.2, 0.25) is 5.91 Å². The number of ketones is 1. The van der Waals surface area contributed by atoms with E-state index in [9.17, 15) is 9.59 Å². The fourth-order valence-electron chi connectivity index (χ4n) is 1.74. The van der Waals surface area contributed by atoms with Crippen LogP contribution in [0.25, 0.3) is 0 Å². The van der Waals surface area contributed by atoms with Crippen molar-refractivity contribution < 1.29 is 9.59 Å². The second-order valence-electron chi connectivity index (χ2n) is 4.12. The number of nitrogens with zero attached hydrogens (tertiary/aromatic N) is 1. The molecule has 1 atom stereocenters. The second-order valence-corrected chi connectivity index (χ2v) is 5.12. The Kier molecular flexibility index (Phi) is 4.52. The molecule has 1 amide bonds. The fourth-order valence-corrected chi connectivity index (χ4v) is 2.73. The Hall–Kier alpha value is -1.88. The van der Waals surface area contributed by atoms with E-state index in [0.717, 1.165) is 0 Å². The van der Waals surface area contributed by atoms with Crippen molar-refractivity contribution in [1.29, 1.82) is 0 Å². The van der Waals surface area contributed by atoms with Crippen molar-refractivity contribution in [2.45, 2.75) is 6.42 Å². The normalized spacial score (nSPS) is 17.9. The van der Waals surface area contributed by atoms with Crippen LogP contribution in [0.4, 0.5) is 0 Å². The summed E-state index contributed by atoms with van der Waals surface area (Å²) in [6.45, 7) is 0. The highest BCUT2D eigenvalue weighted by Gasteiger charge is 2.23. The number of allylic oxidation sites excluding steroid dienone is 1. The van der Waals surface area contributed by atoms with Crippen molar-refractivity contribution in [3.63, 3.8) is 0 Å². The van der Waals surface area contributed by atoms with Gasteiger partial charge in [0.1, 0.15) is 0 Å². The lowest BCUT2D eigenvalue weighted by atomic mass is 10.1. The Bertz CT molecular complexity index is 538. The first-order chi connectivity index (χ1) is 9.18. The molecular weight excluding hydrogens is 260 g/mol. The first-order valence-corrected chi connectivity index (χ1v) is 6.90. The van der Waals surface area contributed by atoms with Gasteiger partial charge in [-0.1, -0.05) is 36.4 Å². The van der Waals surface area contributed by atoms with Gasteiger partial charge in [-0.2, -0.15) is 0 Å². The van der Waals surface area contributed by atoms with Gasteiger partial charge in [-0.15, -0.1) is 11.8 Å². The lowest BCUT2D eigenvalue weighted by Crippen LogP contribution is -2.30. The summed E-state index contributed by atoms with van der Waals surface area (Å²) in [5, 5.41) is 0.624. The molecule has 0 spiro atoms.